The Hall–Kier alpha value is -7.43. The number of nitrogens with zero attached hydrogens (tertiary/aromatic N) is 3. The van der Waals surface area contributed by atoms with E-state index in [1.807, 2.05) is 42.5 Å². The minimum absolute atomic E-state index is 0.624. The molecule has 0 radical (unpaired) electrons. The van der Waals surface area contributed by atoms with E-state index in [1.165, 1.54) is 5.56 Å². The summed E-state index contributed by atoms with van der Waals surface area (Å²) in [6.45, 7) is 0. The van der Waals surface area contributed by atoms with Gasteiger partial charge in [0.15, 0.2) is 17.5 Å². The van der Waals surface area contributed by atoms with Crippen LogP contribution in [-0.2, 0) is 0 Å². The smallest absolute Gasteiger partial charge is 0.164 e. The molecule has 0 aliphatic rings. The molecule has 0 aliphatic heterocycles. The summed E-state index contributed by atoms with van der Waals surface area (Å²) in [6.07, 6.45) is 0. The second kappa shape index (κ2) is 13.8. The molecular formula is C51H33N3O. The summed E-state index contributed by atoms with van der Waals surface area (Å²) in [5.41, 5.74) is 13.5. The molecule has 4 heteroatoms. The summed E-state index contributed by atoms with van der Waals surface area (Å²) in [5, 5.41) is 2.23. The zero-order chi connectivity index (χ0) is 36.6. The first kappa shape index (κ1) is 32.2. The van der Waals surface area contributed by atoms with E-state index in [4.69, 9.17) is 19.4 Å². The molecule has 2 heterocycles. The molecule has 0 atom stereocenters. The number of aromatic nitrogens is 3. The highest BCUT2D eigenvalue weighted by atomic mass is 16.3. The second-order valence-electron chi connectivity index (χ2n) is 13.6. The van der Waals surface area contributed by atoms with Gasteiger partial charge in [0.05, 0.1) is 0 Å². The van der Waals surface area contributed by atoms with Gasteiger partial charge in [0.2, 0.25) is 0 Å². The standard InChI is InChI=1S/C51H33N3O/c1-4-13-34(14-5-1)35-25-27-38(28-26-35)50-52-49(37-17-8-3-9-18-37)53-51(54-50)43-22-11-21-41(32-43)39-19-10-20-40(31-39)42-29-30-45-46-24-12-23-44(36-15-6-2-7-16-36)48(46)55-47(45)33-42/h1-33H. The predicted molar refractivity (Wildman–Crippen MR) is 225 cm³/mol. The van der Waals surface area contributed by atoms with Gasteiger partial charge in [0.1, 0.15) is 11.2 Å². The fourth-order valence-electron chi connectivity index (χ4n) is 7.33. The van der Waals surface area contributed by atoms with Crippen molar-refractivity contribution in [3.8, 4) is 78.7 Å². The van der Waals surface area contributed by atoms with Crippen LogP contribution in [0.15, 0.2) is 205 Å². The molecule has 10 rings (SSSR count). The zero-order valence-electron chi connectivity index (χ0n) is 29.8. The van der Waals surface area contributed by atoms with Crippen LogP contribution in [0.25, 0.3) is 101 Å². The van der Waals surface area contributed by atoms with Crippen molar-refractivity contribution in [2.75, 3.05) is 0 Å². The van der Waals surface area contributed by atoms with Crippen LogP contribution in [0.4, 0.5) is 0 Å². The van der Waals surface area contributed by atoms with Crippen molar-refractivity contribution in [1.82, 2.24) is 15.0 Å². The van der Waals surface area contributed by atoms with E-state index in [9.17, 15) is 0 Å². The summed E-state index contributed by atoms with van der Waals surface area (Å²) in [4.78, 5) is 15.0. The first-order valence-corrected chi connectivity index (χ1v) is 18.4. The lowest BCUT2D eigenvalue weighted by Crippen LogP contribution is -2.00. The third-order valence-electron chi connectivity index (χ3n) is 10.2. The molecular weight excluding hydrogens is 671 g/mol. The molecule has 0 fully saturated rings. The molecule has 4 nitrogen and oxygen atoms in total. The Morgan fingerprint density at radius 3 is 1.33 bits per heavy atom. The first-order chi connectivity index (χ1) is 27.2. The Morgan fingerprint density at radius 2 is 0.691 bits per heavy atom. The molecule has 0 spiro atoms. The highest BCUT2D eigenvalue weighted by Crippen LogP contribution is 2.38. The molecule has 0 aliphatic carbocycles. The molecule has 0 saturated heterocycles. The van der Waals surface area contributed by atoms with Crippen LogP contribution >= 0.6 is 0 Å². The SMILES string of the molecule is c1ccc(-c2ccc(-c3nc(-c4ccccc4)nc(-c4cccc(-c5cccc(-c6ccc7c(c6)oc6c(-c8ccccc8)cccc67)c5)c4)n3)cc2)cc1. The number of hydrogen-bond donors (Lipinski definition) is 0. The summed E-state index contributed by atoms with van der Waals surface area (Å²) >= 11 is 0. The van der Waals surface area contributed by atoms with Crippen LogP contribution in [0.1, 0.15) is 0 Å². The second-order valence-corrected chi connectivity index (χ2v) is 13.6. The fraction of sp³-hybridized carbons (Fsp3) is 0. The predicted octanol–water partition coefficient (Wildman–Crippen LogP) is 13.4. The summed E-state index contributed by atoms with van der Waals surface area (Å²) in [7, 11) is 0. The third-order valence-corrected chi connectivity index (χ3v) is 10.2. The van der Waals surface area contributed by atoms with Gasteiger partial charge in [0, 0.05) is 33.0 Å². The molecule has 55 heavy (non-hydrogen) atoms. The molecule has 0 unspecified atom stereocenters. The van der Waals surface area contributed by atoms with Crippen LogP contribution in [0.5, 0.6) is 0 Å². The van der Waals surface area contributed by atoms with E-state index in [0.717, 1.165) is 77.6 Å². The van der Waals surface area contributed by atoms with Crippen LogP contribution in [0, 0.1) is 0 Å². The number of fused-ring (bicyclic) bond motifs is 3. The van der Waals surface area contributed by atoms with E-state index in [2.05, 4.69) is 158 Å². The quantitative estimate of drug-likeness (QED) is 0.166. The van der Waals surface area contributed by atoms with Gasteiger partial charge in [-0.3, -0.25) is 0 Å². The lowest BCUT2D eigenvalue weighted by Gasteiger charge is -2.11. The van der Waals surface area contributed by atoms with E-state index in [-0.39, 0.29) is 0 Å². The van der Waals surface area contributed by atoms with Crippen LogP contribution in [0.2, 0.25) is 0 Å². The topological polar surface area (TPSA) is 51.8 Å². The lowest BCUT2D eigenvalue weighted by atomic mass is 9.97. The largest absolute Gasteiger partial charge is 0.455 e. The minimum Gasteiger partial charge on any atom is -0.455 e. The van der Waals surface area contributed by atoms with Crippen molar-refractivity contribution in [2.24, 2.45) is 0 Å². The normalized spacial score (nSPS) is 11.3. The van der Waals surface area contributed by atoms with E-state index >= 15 is 0 Å². The first-order valence-electron chi connectivity index (χ1n) is 18.4. The minimum atomic E-state index is 0.624. The van der Waals surface area contributed by atoms with E-state index in [0.29, 0.717) is 17.5 Å². The van der Waals surface area contributed by atoms with Gasteiger partial charge in [-0.2, -0.15) is 0 Å². The molecule has 258 valence electrons. The monoisotopic (exact) mass is 703 g/mol. The van der Waals surface area contributed by atoms with Crippen molar-refractivity contribution in [2.45, 2.75) is 0 Å². The molecule has 0 bridgehead atoms. The Bertz CT molecular complexity index is 2950. The van der Waals surface area contributed by atoms with Crippen LogP contribution in [0.3, 0.4) is 0 Å². The van der Waals surface area contributed by atoms with E-state index in [1.54, 1.807) is 0 Å². The van der Waals surface area contributed by atoms with Crippen molar-refractivity contribution in [3.05, 3.63) is 200 Å². The number of benzene rings is 8. The summed E-state index contributed by atoms with van der Waals surface area (Å²) in [5.74, 6) is 1.89. The van der Waals surface area contributed by atoms with E-state index < -0.39 is 0 Å². The highest BCUT2D eigenvalue weighted by molar-refractivity contribution is 6.10. The highest BCUT2D eigenvalue weighted by Gasteiger charge is 2.15. The summed E-state index contributed by atoms with van der Waals surface area (Å²) in [6, 6.07) is 69.3. The van der Waals surface area contributed by atoms with Crippen molar-refractivity contribution >= 4 is 21.9 Å². The number of para-hydroxylation sites is 1. The van der Waals surface area contributed by atoms with Gasteiger partial charge in [-0.05, 0) is 63.2 Å². The summed E-state index contributed by atoms with van der Waals surface area (Å²) < 4.78 is 6.57. The average Bonchev–Trinajstić information content (AvgIpc) is 3.66. The zero-order valence-corrected chi connectivity index (χ0v) is 29.8. The van der Waals surface area contributed by atoms with Crippen molar-refractivity contribution in [1.29, 1.82) is 0 Å². The van der Waals surface area contributed by atoms with Gasteiger partial charge in [0.25, 0.3) is 0 Å². The molecule has 0 N–H and O–H groups in total. The molecule has 2 aromatic heterocycles. The maximum atomic E-state index is 6.57. The fourth-order valence-corrected chi connectivity index (χ4v) is 7.33. The maximum Gasteiger partial charge on any atom is 0.164 e. The van der Waals surface area contributed by atoms with Gasteiger partial charge < -0.3 is 4.42 Å². The number of hydrogen-bond acceptors (Lipinski definition) is 4. The maximum absolute atomic E-state index is 6.57. The van der Waals surface area contributed by atoms with Gasteiger partial charge >= 0.3 is 0 Å². The van der Waals surface area contributed by atoms with Gasteiger partial charge in [-0.25, -0.2) is 15.0 Å². The molecule has 0 amide bonds. The average molecular weight is 704 g/mol. The van der Waals surface area contributed by atoms with Crippen LogP contribution in [-0.4, -0.2) is 15.0 Å². The van der Waals surface area contributed by atoms with Crippen LogP contribution < -0.4 is 0 Å². The lowest BCUT2D eigenvalue weighted by molar-refractivity contribution is 0.670. The third kappa shape index (κ3) is 6.26. The van der Waals surface area contributed by atoms with Crippen molar-refractivity contribution in [3.63, 3.8) is 0 Å². The molecule has 10 aromatic rings. The Morgan fingerprint density at radius 1 is 0.273 bits per heavy atom. The van der Waals surface area contributed by atoms with Crippen molar-refractivity contribution < 1.29 is 4.42 Å². The molecule has 0 saturated carbocycles. The van der Waals surface area contributed by atoms with Gasteiger partial charge in [-0.15, -0.1) is 0 Å². The Kier molecular flexibility index (Phi) is 8.12. The molecule has 8 aromatic carbocycles. The Labute approximate surface area is 319 Å². The number of furan rings is 1. The number of rotatable bonds is 7. The Balaban J connectivity index is 1.01. The van der Waals surface area contributed by atoms with Gasteiger partial charge in [-0.1, -0.05) is 176 Å².